The van der Waals surface area contributed by atoms with Crippen molar-refractivity contribution in [2.75, 3.05) is 0 Å². The molecule has 1 heterocycles. The summed E-state index contributed by atoms with van der Waals surface area (Å²) >= 11 is 0. The van der Waals surface area contributed by atoms with E-state index < -0.39 is 0 Å². The zero-order valence-electron chi connectivity index (χ0n) is 10.9. The quantitative estimate of drug-likeness (QED) is 0.570. The first-order chi connectivity index (χ1) is 8.13. The molecule has 0 radical (unpaired) electrons. The van der Waals surface area contributed by atoms with Crippen molar-refractivity contribution in [1.29, 1.82) is 0 Å². The molecule has 1 aliphatic rings. The fraction of sp³-hybridized carbons (Fsp3) is 0.267. The minimum absolute atomic E-state index is 0.0283. The summed E-state index contributed by atoms with van der Waals surface area (Å²) < 4.78 is 0. The second-order valence-corrected chi connectivity index (χ2v) is 3.85. The van der Waals surface area contributed by atoms with Gasteiger partial charge in [0.1, 0.15) is 0 Å². The van der Waals surface area contributed by atoms with Crippen molar-refractivity contribution in [3.8, 4) is 0 Å². The predicted molar refractivity (Wildman–Crippen MR) is 72.3 cm³/mol. The lowest BCUT2D eigenvalue weighted by molar-refractivity contribution is -0.115. The fourth-order valence-corrected chi connectivity index (χ4v) is 1.73. The molecule has 1 fully saturated rings. The zero-order chi connectivity index (χ0) is 12.8. The van der Waals surface area contributed by atoms with Crippen LogP contribution in [0.1, 0.15) is 27.7 Å². The van der Waals surface area contributed by atoms with Gasteiger partial charge in [0, 0.05) is 16.8 Å². The maximum absolute atomic E-state index is 11.8. The number of allylic oxidation sites excluding steroid dienone is 8. The summed E-state index contributed by atoms with van der Waals surface area (Å²) in [5.41, 5.74) is 3.66. The summed E-state index contributed by atoms with van der Waals surface area (Å²) in [6, 6.07) is 0. The third-order valence-electron chi connectivity index (χ3n) is 2.57. The molecule has 1 rings (SSSR count). The zero-order valence-corrected chi connectivity index (χ0v) is 10.9. The molecule has 0 atom stereocenters. The van der Waals surface area contributed by atoms with E-state index in [9.17, 15) is 4.79 Å². The van der Waals surface area contributed by atoms with E-state index in [1.54, 1.807) is 0 Å². The minimum Gasteiger partial charge on any atom is -0.322 e. The van der Waals surface area contributed by atoms with Crippen LogP contribution >= 0.6 is 0 Å². The number of hydrogen-bond donors (Lipinski definition) is 1. The monoisotopic (exact) mass is 229 g/mol. The summed E-state index contributed by atoms with van der Waals surface area (Å²) in [6.45, 7) is 7.82. The highest BCUT2D eigenvalue weighted by Gasteiger charge is 2.25. The normalized spacial score (nSPS) is 24.4. The molecule has 17 heavy (non-hydrogen) atoms. The summed E-state index contributed by atoms with van der Waals surface area (Å²) in [6.07, 6.45) is 11.7. The van der Waals surface area contributed by atoms with E-state index in [2.05, 4.69) is 5.32 Å². The molecule has 90 valence electrons. The Kier molecular flexibility index (Phi) is 4.70. The van der Waals surface area contributed by atoms with Crippen LogP contribution < -0.4 is 5.32 Å². The molecule has 0 aliphatic carbocycles. The van der Waals surface area contributed by atoms with Gasteiger partial charge in [-0.25, -0.2) is 0 Å². The van der Waals surface area contributed by atoms with E-state index in [-0.39, 0.29) is 5.91 Å². The van der Waals surface area contributed by atoms with Crippen LogP contribution in [0, 0.1) is 0 Å². The lowest BCUT2D eigenvalue weighted by atomic mass is 10.0. The highest BCUT2D eigenvalue weighted by atomic mass is 16.2. The third-order valence-corrected chi connectivity index (χ3v) is 2.57. The van der Waals surface area contributed by atoms with Crippen molar-refractivity contribution >= 4 is 5.91 Å². The molecule has 1 amide bonds. The van der Waals surface area contributed by atoms with Crippen molar-refractivity contribution in [1.82, 2.24) is 5.32 Å². The third kappa shape index (κ3) is 3.06. The van der Waals surface area contributed by atoms with Gasteiger partial charge < -0.3 is 5.32 Å². The van der Waals surface area contributed by atoms with Gasteiger partial charge in [0.2, 0.25) is 0 Å². The van der Waals surface area contributed by atoms with Crippen LogP contribution in [0.25, 0.3) is 0 Å². The predicted octanol–water partition coefficient (Wildman–Crippen LogP) is 3.42. The molecular weight excluding hydrogens is 210 g/mol. The molecule has 2 nitrogen and oxygen atoms in total. The Hall–Kier alpha value is -1.83. The van der Waals surface area contributed by atoms with Crippen molar-refractivity contribution in [3.05, 3.63) is 58.9 Å². The van der Waals surface area contributed by atoms with Crippen LogP contribution in [0.2, 0.25) is 0 Å². The number of carbonyl (C=O) groups is 1. The first-order valence-electron chi connectivity index (χ1n) is 5.80. The molecule has 2 heteroatoms. The van der Waals surface area contributed by atoms with E-state index >= 15 is 0 Å². The molecule has 0 spiro atoms. The second-order valence-electron chi connectivity index (χ2n) is 3.85. The Morgan fingerprint density at radius 1 is 1.12 bits per heavy atom. The minimum atomic E-state index is -0.0283. The van der Waals surface area contributed by atoms with Gasteiger partial charge >= 0.3 is 0 Å². The Balaban J connectivity index is 3.13. The molecule has 0 aromatic rings. The van der Waals surface area contributed by atoms with Crippen LogP contribution in [-0.4, -0.2) is 5.91 Å². The van der Waals surface area contributed by atoms with Crippen LogP contribution in [0.4, 0.5) is 0 Å². The van der Waals surface area contributed by atoms with E-state index in [4.69, 9.17) is 0 Å². The Bertz CT molecular complexity index is 459. The van der Waals surface area contributed by atoms with E-state index in [0.29, 0.717) is 0 Å². The van der Waals surface area contributed by atoms with Crippen molar-refractivity contribution in [2.24, 2.45) is 0 Å². The molecular formula is C15H19NO. The van der Waals surface area contributed by atoms with Gasteiger partial charge in [-0.3, -0.25) is 4.79 Å². The Morgan fingerprint density at radius 2 is 1.82 bits per heavy atom. The van der Waals surface area contributed by atoms with Crippen molar-refractivity contribution in [2.45, 2.75) is 27.7 Å². The maximum Gasteiger partial charge on any atom is 0.256 e. The van der Waals surface area contributed by atoms with E-state index in [0.717, 1.165) is 22.4 Å². The maximum atomic E-state index is 11.8. The Labute approximate surface area is 103 Å². The SMILES string of the molecule is C/C=C\C=C(/C)C=C1C(=O)NC(=C/C)/C1=C\C. The number of carbonyl (C=O) groups excluding carboxylic acids is 1. The number of rotatable bonds is 2. The molecule has 0 unspecified atom stereocenters. The summed E-state index contributed by atoms with van der Waals surface area (Å²) in [4.78, 5) is 11.8. The van der Waals surface area contributed by atoms with Gasteiger partial charge in [0.25, 0.3) is 5.91 Å². The molecule has 0 bridgehead atoms. The van der Waals surface area contributed by atoms with Gasteiger partial charge in [-0.15, -0.1) is 0 Å². The molecule has 0 aromatic carbocycles. The average Bonchev–Trinajstić information content (AvgIpc) is 2.63. The van der Waals surface area contributed by atoms with Crippen molar-refractivity contribution < 1.29 is 4.79 Å². The highest BCUT2D eigenvalue weighted by Crippen LogP contribution is 2.26. The first kappa shape index (κ1) is 13.2. The first-order valence-corrected chi connectivity index (χ1v) is 5.80. The molecule has 1 aliphatic heterocycles. The fourth-order valence-electron chi connectivity index (χ4n) is 1.73. The van der Waals surface area contributed by atoms with Gasteiger partial charge in [0.05, 0.1) is 0 Å². The largest absolute Gasteiger partial charge is 0.322 e. The van der Waals surface area contributed by atoms with Gasteiger partial charge in [-0.1, -0.05) is 36.0 Å². The van der Waals surface area contributed by atoms with Crippen molar-refractivity contribution in [3.63, 3.8) is 0 Å². The number of hydrogen-bond acceptors (Lipinski definition) is 1. The molecule has 1 saturated heterocycles. The number of nitrogens with one attached hydrogen (secondary N) is 1. The summed E-state index contributed by atoms with van der Waals surface area (Å²) in [7, 11) is 0. The molecule has 0 aromatic heterocycles. The highest BCUT2D eigenvalue weighted by molar-refractivity contribution is 6.05. The van der Waals surface area contributed by atoms with Gasteiger partial charge in [-0.2, -0.15) is 0 Å². The Morgan fingerprint density at radius 3 is 2.35 bits per heavy atom. The average molecular weight is 229 g/mol. The van der Waals surface area contributed by atoms with Crippen LogP contribution in [0.3, 0.4) is 0 Å². The van der Waals surface area contributed by atoms with Gasteiger partial charge in [0.15, 0.2) is 0 Å². The summed E-state index contributed by atoms with van der Waals surface area (Å²) in [5.74, 6) is -0.0283. The topological polar surface area (TPSA) is 29.1 Å². The second kappa shape index (κ2) is 6.04. The molecule has 0 saturated carbocycles. The van der Waals surface area contributed by atoms with Crippen LogP contribution in [0.15, 0.2) is 58.9 Å². The standard InChI is InChI=1S/C15H19NO/c1-5-8-9-11(4)10-13-12(6-2)14(7-3)16-15(13)17/h5-10H,1-4H3,(H,16,17)/b8-5-,11-9+,12-6-,13-10?,14-7+. The lowest BCUT2D eigenvalue weighted by Gasteiger charge is -1.98. The van der Waals surface area contributed by atoms with Gasteiger partial charge in [-0.05, 0) is 33.8 Å². The summed E-state index contributed by atoms with van der Waals surface area (Å²) in [5, 5.41) is 2.86. The lowest BCUT2D eigenvalue weighted by Crippen LogP contribution is -2.13. The van der Waals surface area contributed by atoms with E-state index in [1.165, 1.54) is 0 Å². The van der Waals surface area contributed by atoms with Crippen LogP contribution in [-0.2, 0) is 4.79 Å². The van der Waals surface area contributed by atoms with E-state index in [1.807, 2.05) is 64.2 Å². The smallest absolute Gasteiger partial charge is 0.256 e. The number of amides is 1. The molecule has 1 N–H and O–H groups in total. The van der Waals surface area contributed by atoms with Crippen LogP contribution in [0.5, 0.6) is 0 Å².